The van der Waals surface area contributed by atoms with Crippen molar-refractivity contribution in [2.45, 2.75) is 24.5 Å². The summed E-state index contributed by atoms with van der Waals surface area (Å²) in [5.41, 5.74) is 1.06. The molecule has 0 bridgehead atoms. The predicted octanol–water partition coefficient (Wildman–Crippen LogP) is 1.000. The zero-order valence-electron chi connectivity index (χ0n) is 12.4. The minimum atomic E-state index is -1.26. The number of halogens is 2. The van der Waals surface area contributed by atoms with Crippen molar-refractivity contribution in [3.63, 3.8) is 0 Å². The van der Waals surface area contributed by atoms with E-state index in [1.165, 1.54) is 0 Å². The van der Waals surface area contributed by atoms with Gasteiger partial charge in [0.05, 0.1) is 34.2 Å². The number of hydrogen-bond acceptors (Lipinski definition) is 6. The summed E-state index contributed by atoms with van der Waals surface area (Å²) >= 11 is 12.1. The Morgan fingerprint density at radius 2 is 2.00 bits per heavy atom. The van der Waals surface area contributed by atoms with Crippen LogP contribution in [0.15, 0.2) is 12.1 Å². The van der Waals surface area contributed by atoms with Crippen LogP contribution >= 0.6 is 23.2 Å². The van der Waals surface area contributed by atoms with Gasteiger partial charge in [-0.15, -0.1) is 6.42 Å². The highest BCUT2D eigenvalue weighted by Gasteiger charge is 2.44. The number of rotatable bonds is 4. The molecular formula is C15H15Cl2N3O4. The van der Waals surface area contributed by atoms with Gasteiger partial charge in [-0.3, -0.25) is 4.57 Å². The van der Waals surface area contributed by atoms with Crippen LogP contribution < -0.4 is 5.32 Å². The summed E-state index contributed by atoms with van der Waals surface area (Å²) in [7, 11) is 0. The molecular weight excluding hydrogens is 357 g/mol. The lowest BCUT2D eigenvalue weighted by molar-refractivity contribution is -0.0499. The molecule has 7 nitrogen and oxygen atoms in total. The highest BCUT2D eigenvalue weighted by atomic mass is 35.5. The van der Waals surface area contributed by atoms with E-state index >= 15 is 0 Å². The summed E-state index contributed by atoms with van der Waals surface area (Å²) in [6.07, 6.45) is 0.887. The van der Waals surface area contributed by atoms with Crippen molar-refractivity contribution in [2.24, 2.45) is 0 Å². The van der Waals surface area contributed by atoms with Gasteiger partial charge in [0.1, 0.15) is 18.3 Å². The summed E-state index contributed by atoms with van der Waals surface area (Å²) in [6.45, 7) is -0.235. The molecule has 9 heteroatoms. The first-order valence-electron chi connectivity index (χ1n) is 7.14. The molecule has 1 aromatic heterocycles. The summed E-state index contributed by atoms with van der Waals surface area (Å²) < 4.78 is 7.12. The van der Waals surface area contributed by atoms with Crippen LogP contribution in [-0.2, 0) is 4.74 Å². The van der Waals surface area contributed by atoms with Crippen LogP contribution in [0.25, 0.3) is 11.0 Å². The third-order valence-corrected chi connectivity index (χ3v) is 4.57. The minimum absolute atomic E-state index is 0.194. The fourth-order valence-electron chi connectivity index (χ4n) is 2.70. The minimum Gasteiger partial charge on any atom is -0.394 e. The molecule has 4 atom stereocenters. The molecule has 0 amide bonds. The third-order valence-electron chi connectivity index (χ3n) is 3.85. The van der Waals surface area contributed by atoms with Crippen molar-refractivity contribution in [3.05, 3.63) is 22.2 Å². The lowest BCUT2D eigenvalue weighted by Crippen LogP contribution is -2.33. The molecule has 1 aliphatic heterocycles. The second kappa shape index (κ2) is 6.76. The molecule has 24 heavy (non-hydrogen) atoms. The molecule has 0 radical (unpaired) electrons. The summed E-state index contributed by atoms with van der Waals surface area (Å²) in [5, 5.41) is 33.1. The van der Waals surface area contributed by atoms with Crippen LogP contribution in [0.3, 0.4) is 0 Å². The molecule has 128 valence electrons. The number of nitrogens with zero attached hydrogens (tertiary/aromatic N) is 2. The molecule has 1 aliphatic rings. The van der Waals surface area contributed by atoms with Crippen molar-refractivity contribution < 1.29 is 20.1 Å². The van der Waals surface area contributed by atoms with Crippen molar-refractivity contribution >= 4 is 40.2 Å². The van der Waals surface area contributed by atoms with Gasteiger partial charge in [-0.25, -0.2) is 4.98 Å². The molecule has 0 aliphatic carbocycles. The number of hydrogen-bond donors (Lipinski definition) is 4. The van der Waals surface area contributed by atoms with Crippen LogP contribution in [0.2, 0.25) is 10.0 Å². The van der Waals surface area contributed by atoms with Crippen LogP contribution in [-0.4, -0.2) is 56.3 Å². The quantitative estimate of drug-likeness (QED) is 0.598. The van der Waals surface area contributed by atoms with Gasteiger partial charge in [-0.2, -0.15) is 0 Å². The predicted molar refractivity (Wildman–Crippen MR) is 90.1 cm³/mol. The maximum absolute atomic E-state index is 10.3. The van der Waals surface area contributed by atoms with Gasteiger partial charge < -0.3 is 25.4 Å². The molecule has 2 heterocycles. The van der Waals surface area contributed by atoms with Gasteiger partial charge in [0, 0.05) is 0 Å². The van der Waals surface area contributed by atoms with E-state index in [0.717, 1.165) is 0 Å². The van der Waals surface area contributed by atoms with Gasteiger partial charge in [-0.05, 0) is 12.1 Å². The topological polar surface area (TPSA) is 99.8 Å². The third kappa shape index (κ3) is 2.82. The number of terminal acetylenes is 1. The number of anilines is 1. The number of aliphatic hydroxyl groups is 3. The number of imidazole rings is 1. The monoisotopic (exact) mass is 371 g/mol. The lowest BCUT2D eigenvalue weighted by Gasteiger charge is -2.20. The zero-order chi connectivity index (χ0) is 17.4. The number of benzene rings is 1. The molecule has 2 aromatic rings. The highest BCUT2D eigenvalue weighted by Crippen LogP contribution is 2.37. The Bertz CT molecular complexity index is 804. The largest absolute Gasteiger partial charge is 0.394 e. The van der Waals surface area contributed by atoms with Crippen LogP contribution in [0, 0.1) is 12.3 Å². The SMILES string of the molecule is C#CCNc1nc2cc(Cl)c(Cl)cc2n1[C@H]1O[C@@H](CO)[C@H](O)[C@@H]1O. The molecule has 3 rings (SSSR count). The maximum Gasteiger partial charge on any atom is 0.206 e. The first-order chi connectivity index (χ1) is 11.5. The molecule has 0 spiro atoms. The Hall–Kier alpha value is -1.53. The van der Waals surface area contributed by atoms with Gasteiger partial charge >= 0.3 is 0 Å². The van der Waals surface area contributed by atoms with Crippen molar-refractivity contribution in [3.8, 4) is 12.3 Å². The molecule has 1 saturated heterocycles. The van der Waals surface area contributed by atoms with Crippen LogP contribution in [0.4, 0.5) is 5.95 Å². The lowest BCUT2D eigenvalue weighted by atomic mass is 10.1. The Kier molecular flexibility index (Phi) is 4.88. The van der Waals surface area contributed by atoms with E-state index in [1.807, 2.05) is 0 Å². The van der Waals surface area contributed by atoms with E-state index in [4.69, 9.17) is 34.4 Å². The fraction of sp³-hybridized carbons (Fsp3) is 0.400. The molecule has 4 N–H and O–H groups in total. The highest BCUT2D eigenvalue weighted by molar-refractivity contribution is 6.42. The first kappa shape index (κ1) is 17.3. The molecule has 0 unspecified atom stereocenters. The second-order valence-corrected chi connectivity index (χ2v) is 6.16. The van der Waals surface area contributed by atoms with E-state index in [1.54, 1.807) is 16.7 Å². The number of aliphatic hydroxyl groups excluding tert-OH is 3. The van der Waals surface area contributed by atoms with Crippen molar-refractivity contribution in [1.82, 2.24) is 9.55 Å². The smallest absolute Gasteiger partial charge is 0.206 e. The standard InChI is InChI=1S/C15H15Cl2N3O4/c1-2-3-18-15-19-9-4-7(16)8(17)5-10(9)20(15)14-13(23)12(22)11(6-21)24-14/h1,4-5,11-14,21-23H,3,6H2,(H,18,19)/t11-,12-,13-,14-/m0/s1. The second-order valence-electron chi connectivity index (χ2n) is 5.35. The van der Waals surface area contributed by atoms with Crippen LogP contribution in [0.1, 0.15) is 6.23 Å². The average Bonchev–Trinajstić information content (AvgIpc) is 3.04. The number of fused-ring (bicyclic) bond motifs is 1. The Morgan fingerprint density at radius 3 is 2.62 bits per heavy atom. The maximum atomic E-state index is 10.3. The summed E-state index contributed by atoms with van der Waals surface area (Å²) in [4.78, 5) is 4.39. The van der Waals surface area contributed by atoms with Gasteiger partial charge in [0.25, 0.3) is 0 Å². The number of aromatic nitrogens is 2. The van der Waals surface area contributed by atoms with Crippen LogP contribution in [0.5, 0.6) is 0 Å². The number of nitrogens with one attached hydrogen (secondary N) is 1. The fourth-order valence-corrected chi connectivity index (χ4v) is 3.01. The van der Waals surface area contributed by atoms with E-state index in [2.05, 4.69) is 16.2 Å². The Morgan fingerprint density at radius 1 is 1.29 bits per heavy atom. The Balaban J connectivity index is 2.14. The molecule has 1 fully saturated rings. The average molecular weight is 372 g/mol. The molecule has 0 saturated carbocycles. The normalized spacial score (nSPS) is 26.7. The van der Waals surface area contributed by atoms with Gasteiger partial charge in [-0.1, -0.05) is 29.1 Å². The number of ether oxygens (including phenoxy) is 1. The summed E-state index contributed by atoms with van der Waals surface area (Å²) in [5.74, 6) is 2.76. The van der Waals surface area contributed by atoms with E-state index in [-0.39, 0.29) is 6.54 Å². The van der Waals surface area contributed by atoms with E-state index in [9.17, 15) is 15.3 Å². The van der Waals surface area contributed by atoms with Crippen molar-refractivity contribution in [2.75, 3.05) is 18.5 Å². The summed E-state index contributed by atoms with van der Waals surface area (Å²) in [6, 6.07) is 3.17. The van der Waals surface area contributed by atoms with Gasteiger partial charge in [0.2, 0.25) is 5.95 Å². The Labute approximate surface area is 147 Å². The van der Waals surface area contributed by atoms with Gasteiger partial charge in [0.15, 0.2) is 6.23 Å². The molecule has 1 aromatic carbocycles. The van der Waals surface area contributed by atoms with E-state index < -0.39 is 31.1 Å². The van der Waals surface area contributed by atoms with E-state index in [0.29, 0.717) is 27.0 Å². The van der Waals surface area contributed by atoms with Crippen molar-refractivity contribution in [1.29, 1.82) is 0 Å². The first-order valence-corrected chi connectivity index (χ1v) is 7.90. The zero-order valence-corrected chi connectivity index (χ0v) is 13.9.